The van der Waals surface area contributed by atoms with Gasteiger partial charge in [0.15, 0.2) is 0 Å². The summed E-state index contributed by atoms with van der Waals surface area (Å²) in [6, 6.07) is 0. The fourth-order valence-electron chi connectivity index (χ4n) is 0. The Morgan fingerprint density at radius 1 is 0.632 bits per heavy atom. The van der Waals surface area contributed by atoms with Crippen molar-refractivity contribution >= 4 is 35.8 Å². The first kappa shape index (κ1) is 43.4. The van der Waals surface area contributed by atoms with Crippen LogP contribution in [0.1, 0.15) is 0 Å². The summed E-state index contributed by atoms with van der Waals surface area (Å²) in [5, 5.41) is 47.3. The molecule has 0 aliphatic heterocycles. The predicted molar refractivity (Wildman–Crippen MR) is 48.1 cm³/mol. The van der Waals surface area contributed by atoms with Gasteiger partial charge in [0.25, 0.3) is 18.5 Å². The summed E-state index contributed by atoms with van der Waals surface area (Å²) in [4.78, 5) is 34.0. The van der Waals surface area contributed by atoms with Crippen LogP contribution in [-0.4, -0.2) is 51.6 Å². The first-order valence-corrected chi connectivity index (χ1v) is 2.38. The monoisotopic (exact) mass is 309 g/mol. The van der Waals surface area contributed by atoms with Crippen LogP contribution in [-0.2, 0) is 14.7 Å². The average Bonchev–Trinajstić information content (AvgIpc) is 2.19. The minimum Gasteiger partial charge on any atom is -0.424 e. The van der Waals surface area contributed by atoms with Crippen LogP contribution in [0.2, 0.25) is 0 Å². The standard InChI is InChI=1S/3CH2O4.Al.3H3N/c3*2-1(3)5-4;;;;/h3*4H,(H,2,3);;3*1H3/q;;;+3;;;/p-3. The summed E-state index contributed by atoms with van der Waals surface area (Å²) < 4.78 is 0. The van der Waals surface area contributed by atoms with Gasteiger partial charge in [0.2, 0.25) is 0 Å². The van der Waals surface area contributed by atoms with Gasteiger partial charge >= 0.3 is 17.4 Å². The van der Waals surface area contributed by atoms with E-state index in [1.807, 2.05) is 0 Å². The zero-order chi connectivity index (χ0) is 12.9. The van der Waals surface area contributed by atoms with E-state index < -0.39 is 18.5 Å². The van der Waals surface area contributed by atoms with Gasteiger partial charge in [-0.15, -0.1) is 0 Å². The van der Waals surface area contributed by atoms with Crippen LogP contribution < -0.4 is 33.8 Å². The molecule has 0 amide bonds. The van der Waals surface area contributed by atoms with Crippen molar-refractivity contribution in [1.82, 2.24) is 18.5 Å². The van der Waals surface area contributed by atoms with Crippen LogP contribution in [0.4, 0.5) is 14.4 Å². The second-order valence-corrected chi connectivity index (χ2v) is 1.02. The Kier molecular flexibility index (Phi) is 82.3. The van der Waals surface area contributed by atoms with Gasteiger partial charge in [-0.2, -0.15) is 0 Å². The number of carbonyl (C=O) groups is 3. The first-order chi connectivity index (χ1) is 6.81. The van der Waals surface area contributed by atoms with Crippen molar-refractivity contribution in [1.29, 1.82) is 0 Å². The molecule has 0 spiro atoms. The molecule has 0 rings (SSSR count). The van der Waals surface area contributed by atoms with Crippen molar-refractivity contribution in [3.63, 3.8) is 0 Å². The largest absolute Gasteiger partial charge is 3.00 e. The third-order valence-corrected chi connectivity index (χ3v) is 0.224. The molecule has 0 fully saturated rings. The van der Waals surface area contributed by atoms with E-state index in [-0.39, 0.29) is 35.8 Å². The van der Waals surface area contributed by atoms with Gasteiger partial charge < -0.3 is 62.8 Å². The molecule has 15 nitrogen and oxygen atoms in total. The minimum absolute atomic E-state index is 0. The molecule has 0 radical (unpaired) electrons. The second-order valence-electron chi connectivity index (χ2n) is 1.02. The molecule has 0 aromatic heterocycles. The summed E-state index contributed by atoms with van der Waals surface area (Å²) in [7, 11) is 0. The van der Waals surface area contributed by atoms with E-state index in [0.29, 0.717) is 0 Å². The van der Waals surface area contributed by atoms with E-state index in [1.165, 1.54) is 0 Å². The molecule has 0 heterocycles. The molecule has 0 aliphatic carbocycles. The summed E-state index contributed by atoms with van der Waals surface area (Å²) in [6.07, 6.45) is -5.82. The molecule has 0 aliphatic rings. The number of carbonyl (C=O) groups excluding carboxylic acids is 3. The fourth-order valence-corrected chi connectivity index (χ4v) is 0. The molecule has 114 valence electrons. The molecular formula is C3H12AlN3O12. The van der Waals surface area contributed by atoms with Gasteiger partial charge in [-0.05, 0) is 0 Å². The summed E-state index contributed by atoms with van der Waals surface area (Å²) in [6.45, 7) is 0. The Labute approximate surface area is 115 Å². The SMILES string of the molecule is N.N.N.O=C([O-])OO.O=C([O-])OO.O=C([O-])OO.[Al+3]. The zero-order valence-corrected chi connectivity index (χ0v) is 10.4. The van der Waals surface area contributed by atoms with Gasteiger partial charge in [-0.25, -0.2) is 0 Å². The normalized spacial score (nSPS) is 5.21. The number of hydrogen-bond acceptors (Lipinski definition) is 15. The predicted octanol–water partition coefficient (Wildman–Crippen LogP) is -3.44. The molecule has 16 heteroatoms. The Morgan fingerprint density at radius 3 is 0.684 bits per heavy atom. The van der Waals surface area contributed by atoms with E-state index >= 15 is 0 Å². The van der Waals surface area contributed by atoms with E-state index in [4.69, 9.17) is 45.5 Å². The molecule has 0 atom stereocenters. The van der Waals surface area contributed by atoms with Gasteiger partial charge in [0.1, 0.15) is 0 Å². The maximum absolute atomic E-state index is 8.78. The van der Waals surface area contributed by atoms with Gasteiger partial charge in [-0.1, -0.05) is 0 Å². The molecule has 0 aromatic rings. The van der Waals surface area contributed by atoms with Crippen molar-refractivity contribution < 1.29 is 60.1 Å². The zero-order valence-electron chi connectivity index (χ0n) is 9.21. The maximum Gasteiger partial charge on any atom is 3.00 e. The summed E-state index contributed by atoms with van der Waals surface area (Å²) >= 11 is 0. The van der Waals surface area contributed by atoms with Crippen LogP contribution in [0.25, 0.3) is 0 Å². The smallest absolute Gasteiger partial charge is 0.424 e. The van der Waals surface area contributed by atoms with Crippen LogP contribution in [0.5, 0.6) is 0 Å². The fraction of sp³-hybridized carbons (Fsp3) is 0. The van der Waals surface area contributed by atoms with E-state index in [1.54, 1.807) is 0 Å². The second kappa shape index (κ2) is 36.0. The quantitative estimate of drug-likeness (QED) is 0.109. The Balaban J connectivity index is -0.0000000206. The van der Waals surface area contributed by atoms with Gasteiger partial charge in [0, 0.05) is 0 Å². The topological polar surface area (TPSA) is 314 Å². The third kappa shape index (κ3) is 190. The molecule has 19 heavy (non-hydrogen) atoms. The molecule has 0 saturated heterocycles. The maximum atomic E-state index is 8.78. The van der Waals surface area contributed by atoms with E-state index in [0.717, 1.165) is 0 Å². The summed E-state index contributed by atoms with van der Waals surface area (Å²) in [5.41, 5.74) is 0. The number of hydrogen-bond donors (Lipinski definition) is 6. The van der Waals surface area contributed by atoms with Crippen molar-refractivity contribution in [3.05, 3.63) is 0 Å². The first-order valence-electron chi connectivity index (χ1n) is 2.38. The molecule has 0 saturated carbocycles. The third-order valence-electron chi connectivity index (χ3n) is 0.224. The van der Waals surface area contributed by atoms with Crippen molar-refractivity contribution in [2.75, 3.05) is 0 Å². The minimum atomic E-state index is -1.94. The average molecular weight is 309 g/mol. The van der Waals surface area contributed by atoms with Crippen LogP contribution >= 0.6 is 0 Å². The molecule has 0 bridgehead atoms. The van der Waals surface area contributed by atoms with Crippen LogP contribution in [0.15, 0.2) is 0 Å². The van der Waals surface area contributed by atoms with Crippen molar-refractivity contribution in [3.8, 4) is 0 Å². The van der Waals surface area contributed by atoms with Crippen molar-refractivity contribution in [2.24, 2.45) is 0 Å². The number of rotatable bonds is 0. The molecular weight excluding hydrogens is 297 g/mol. The van der Waals surface area contributed by atoms with Gasteiger partial charge in [-0.3, -0.25) is 15.8 Å². The molecule has 0 unspecified atom stereocenters. The Morgan fingerprint density at radius 2 is 0.684 bits per heavy atom. The van der Waals surface area contributed by atoms with Crippen LogP contribution in [0.3, 0.4) is 0 Å². The molecule has 12 N–H and O–H groups in total. The van der Waals surface area contributed by atoms with E-state index in [9.17, 15) is 0 Å². The number of carboxylic acid groups (broad SMARTS) is 3. The van der Waals surface area contributed by atoms with Crippen LogP contribution in [0, 0.1) is 0 Å². The van der Waals surface area contributed by atoms with Gasteiger partial charge in [0.05, 0.1) is 0 Å². The Bertz CT molecular complexity index is 167. The van der Waals surface area contributed by atoms with Crippen molar-refractivity contribution in [2.45, 2.75) is 0 Å². The Hall–Kier alpha value is -1.90. The van der Waals surface area contributed by atoms with E-state index in [2.05, 4.69) is 14.7 Å². The summed E-state index contributed by atoms with van der Waals surface area (Å²) in [5.74, 6) is 0. The molecule has 0 aromatic carbocycles.